The van der Waals surface area contributed by atoms with Gasteiger partial charge in [-0.15, -0.1) is 24.0 Å². The van der Waals surface area contributed by atoms with Gasteiger partial charge < -0.3 is 20.1 Å². The summed E-state index contributed by atoms with van der Waals surface area (Å²) in [6.07, 6.45) is 3.59. The quantitative estimate of drug-likeness (QED) is 0.134. The lowest BCUT2D eigenvalue weighted by molar-refractivity contribution is -0.140. The van der Waals surface area contributed by atoms with Gasteiger partial charge in [-0.2, -0.15) is 0 Å². The van der Waals surface area contributed by atoms with E-state index in [2.05, 4.69) is 25.7 Å². The van der Waals surface area contributed by atoms with Crippen molar-refractivity contribution in [1.29, 1.82) is 0 Å². The van der Waals surface area contributed by atoms with Gasteiger partial charge in [-0.1, -0.05) is 18.6 Å². The molecule has 0 unspecified atom stereocenters. The number of ether oxygens (including phenoxy) is 2. The fourth-order valence-electron chi connectivity index (χ4n) is 2.60. The van der Waals surface area contributed by atoms with E-state index >= 15 is 0 Å². The third-order valence-corrected chi connectivity index (χ3v) is 4.11. The number of hydrogen-bond donors (Lipinski definition) is 3. The molecule has 1 aromatic rings. The van der Waals surface area contributed by atoms with E-state index in [1.54, 1.807) is 7.05 Å². The summed E-state index contributed by atoms with van der Waals surface area (Å²) in [5.41, 5.74) is 1.33. The van der Waals surface area contributed by atoms with Gasteiger partial charge in [0.05, 0.1) is 7.11 Å². The van der Waals surface area contributed by atoms with E-state index < -0.39 is 11.7 Å². The number of aliphatic imine (C=N–C) groups is 1. The Labute approximate surface area is 203 Å². The molecule has 0 aliphatic rings. The fraction of sp³-hybridized carbons (Fsp3) is 0.591. The number of anilines is 1. The largest absolute Gasteiger partial charge is 0.469 e. The van der Waals surface area contributed by atoms with Crippen LogP contribution in [0.5, 0.6) is 0 Å². The first-order valence-electron chi connectivity index (χ1n) is 10.3. The Kier molecular flexibility index (Phi) is 14.7. The number of carbonyl (C=O) groups is 2. The molecule has 176 valence electrons. The number of benzene rings is 1. The number of guanidine groups is 1. The second-order valence-electron chi connectivity index (χ2n) is 7.89. The summed E-state index contributed by atoms with van der Waals surface area (Å²) in [5.74, 6) is 0.597. The van der Waals surface area contributed by atoms with Crippen molar-refractivity contribution in [3.05, 3.63) is 29.8 Å². The average Bonchev–Trinajstić information content (AvgIpc) is 2.68. The number of carbonyl (C=O) groups excluding carboxylic acids is 2. The van der Waals surface area contributed by atoms with Crippen LogP contribution in [-0.2, 0) is 20.7 Å². The van der Waals surface area contributed by atoms with Gasteiger partial charge in [0.15, 0.2) is 5.96 Å². The summed E-state index contributed by atoms with van der Waals surface area (Å²) in [5, 5.41) is 9.28. The minimum Gasteiger partial charge on any atom is -0.469 e. The Bertz CT molecular complexity index is 688. The predicted octanol–water partition coefficient (Wildman–Crippen LogP) is 4.09. The summed E-state index contributed by atoms with van der Waals surface area (Å²) >= 11 is 0. The second-order valence-corrected chi connectivity index (χ2v) is 7.89. The molecule has 0 fully saturated rings. The Morgan fingerprint density at radius 2 is 1.65 bits per heavy atom. The summed E-state index contributed by atoms with van der Waals surface area (Å²) < 4.78 is 9.87. The minimum atomic E-state index is -0.522. The van der Waals surface area contributed by atoms with Crippen molar-refractivity contribution in [1.82, 2.24) is 10.6 Å². The molecule has 0 aromatic heterocycles. The number of halogens is 1. The zero-order chi connectivity index (χ0) is 22.4. The van der Waals surface area contributed by atoms with E-state index in [0.29, 0.717) is 12.1 Å². The van der Waals surface area contributed by atoms with E-state index in [9.17, 15) is 9.59 Å². The second kappa shape index (κ2) is 15.7. The molecule has 8 nitrogen and oxygen atoms in total. The lowest BCUT2D eigenvalue weighted by Gasteiger charge is -2.19. The van der Waals surface area contributed by atoms with Gasteiger partial charge in [-0.3, -0.25) is 15.1 Å². The van der Waals surface area contributed by atoms with Crippen molar-refractivity contribution in [2.45, 2.75) is 58.5 Å². The van der Waals surface area contributed by atoms with Crippen molar-refractivity contribution >= 4 is 47.7 Å². The normalized spacial score (nSPS) is 11.2. The highest BCUT2D eigenvalue weighted by molar-refractivity contribution is 14.0. The molecule has 0 bridgehead atoms. The molecule has 0 aliphatic heterocycles. The molecule has 0 spiro atoms. The van der Waals surface area contributed by atoms with E-state index in [0.717, 1.165) is 50.3 Å². The summed E-state index contributed by atoms with van der Waals surface area (Å²) in [6.45, 7) is 7.02. The van der Waals surface area contributed by atoms with Gasteiger partial charge in [-0.25, -0.2) is 4.79 Å². The molecule has 0 aliphatic carbocycles. The van der Waals surface area contributed by atoms with Crippen molar-refractivity contribution in [2.75, 3.05) is 32.6 Å². The zero-order valence-electron chi connectivity index (χ0n) is 19.2. The van der Waals surface area contributed by atoms with Crippen molar-refractivity contribution in [3.8, 4) is 0 Å². The van der Waals surface area contributed by atoms with Crippen LogP contribution in [0.4, 0.5) is 10.5 Å². The van der Waals surface area contributed by atoms with Crippen molar-refractivity contribution in [2.24, 2.45) is 4.99 Å². The van der Waals surface area contributed by atoms with Gasteiger partial charge >= 0.3 is 12.1 Å². The van der Waals surface area contributed by atoms with Gasteiger partial charge in [0.2, 0.25) is 0 Å². The lowest BCUT2D eigenvalue weighted by Crippen LogP contribution is -2.38. The lowest BCUT2D eigenvalue weighted by atomic mass is 10.1. The van der Waals surface area contributed by atoms with Crippen LogP contribution in [0, 0.1) is 0 Å². The Morgan fingerprint density at radius 3 is 2.23 bits per heavy atom. The minimum absolute atomic E-state index is 0. The maximum Gasteiger partial charge on any atom is 0.412 e. The van der Waals surface area contributed by atoms with Crippen LogP contribution in [0.25, 0.3) is 0 Å². The van der Waals surface area contributed by atoms with Crippen LogP contribution in [0.2, 0.25) is 0 Å². The van der Waals surface area contributed by atoms with Crippen LogP contribution in [0.3, 0.4) is 0 Å². The number of methoxy groups -OCH3 is 1. The molecule has 31 heavy (non-hydrogen) atoms. The number of nitrogens with one attached hydrogen (secondary N) is 3. The molecule has 9 heteroatoms. The molecule has 0 saturated carbocycles. The third-order valence-electron chi connectivity index (χ3n) is 4.11. The number of hydrogen-bond acceptors (Lipinski definition) is 5. The Hall–Kier alpha value is -2.04. The number of nitrogens with zero attached hydrogens (tertiary/aromatic N) is 1. The van der Waals surface area contributed by atoms with Crippen LogP contribution >= 0.6 is 24.0 Å². The predicted molar refractivity (Wildman–Crippen MR) is 135 cm³/mol. The molecular weight excluding hydrogens is 511 g/mol. The molecule has 0 radical (unpaired) electrons. The molecule has 1 aromatic carbocycles. The topological polar surface area (TPSA) is 101 Å². The van der Waals surface area contributed by atoms with Crippen LogP contribution in [0.1, 0.15) is 52.0 Å². The van der Waals surface area contributed by atoms with E-state index in [4.69, 9.17) is 4.74 Å². The third kappa shape index (κ3) is 14.6. The maximum atomic E-state index is 11.8. The van der Waals surface area contributed by atoms with Crippen molar-refractivity contribution < 1.29 is 19.1 Å². The van der Waals surface area contributed by atoms with Crippen LogP contribution in [-0.4, -0.2) is 50.9 Å². The Balaban J connectivity index is 0.00000900. The maximum absolute atomic E-state index is 11.8. The molecule has 0 saturated heterocycles. The first-order chi connectivity index (χ1) is 14.2. The number of esters is 1. The first kappa shape index (κ1) is 29.0. The first-order valence-corrected chi connectivity index (χ1v) is 10.3. The molecule has 1 amide bonds. The zero-order valence-corrected chi connectivity index (χ0v) is 21.6. The molecule has 0 atom stereocenters. The summed E-state index contributed by atoms with van der Waals surface area (Å²) in [6, 6.07) is 7.68. The van der Waals surface area contributed by atoms with Gasteiger partial charge in [0.25, 0.3) is 0 Å². The number of amides is 1. The average molecular weight is 548 g/mol. The van der Waals surface area contributed by atoms with Crippen molar-refractivity contribution in [3.63, 3.8) is 0 Å². The summed E-state index contributed by atoms with van der Waals surface area (Å²) in [4.78, 5) is 27.1. The molecule has 3 N–H and O–H groups in total. The monoisotopic (exact) mass is 548 g/mol. The van der Waals surface area contributed by atoms with Gasteiger partial charge in [0.1, 0.15) is 5.60 Å². The van der Waals surface area contributed by atoms with Crippen LogP contribution < -0.4 is 16.0 Å². The number of unbranched alkanes of at least 4 members (excludes halogenated alkanes) is 2. The van der Waals surface area contributed by atoms with Gasteiger partial charge in [0, 0.05) is 32.2 Å². The Morgan fingerprint density at radius 1 is 1.00 bits per heavy atom. The molecule has 1 rings (SSSR count). The highest BCUT2D eigenvalue weighted by Crippen LogP contribution is 2.13. The summed E-state index contributed by atoms with van der Waals surface area (Å²) in [7, 11) is 3.15. The molecular formula is C22H37IN4O4. The standard InChI is InChI=1S/C22H36N4O4.HI/c1-22(2,3)30-21(28)26-18-12-10-17(11-13-18)14-16-25-20(23-4)24-15-8-6-7-9-19(27)29-5;/h10-13H,6-9,14-16H2,1-5H3,(H,26,28)(H2,23,24,25);1H. The fourth-order valence-corrected chi connectivity index (χ4v) is 2.60. The van der Waals surface area contributed by atoms with E-state index in [1.165, 1.54) is 7.11 Å². The van der Waals surface area contributed by atoms with E-state index in [-0.39, 0.29) is 29.9 Å². The van der Waals surface area contributed by atoms with E-state index in [1.807, 2.05) is 45.0 Å². The highest BCUT2D eigenvalue weighted by atomic mass is 127. The highest BCUT2D eigenvalue weighted by Gasteiger charge is 2.16. The number of rotatable bonds is 10. The smallest absolute Gasteiger partial charge is 0.412 e. The molecule has 0 heterocycles. The van der Waals surface area contributed by atoms with Gasteiger partial charge in [-0.05, 0) is 57.7 Å². The SMILES string of the molecule is CN=C(NCCCCCC(=O)OC)NCCc1ccc(NC(=O)OC(C)(C)C)cc1.I. The van der Waals surface area contributed by atoms with Crippen LogP contribution in [0.15, 0.2) is 29.3 Å².